The van der Waals surface area contributed by atoms with Crippen molar-refractivity contribution in [1.29, 1.82) is 0 Å². The fourth-order valence-corrected chi connectivity index (χ4v) is 6.39. The van der Waals surface area contributed by atoms with Gasteiger partial charge in [-0.25, -0.2) is 4.68 Å². The number of hydrogen-bond donors (Lipinski definition) is 2. The van der Waals surface area contributed by atoms with Gasteiger partial charge in [0.05, 0.1) is 18.2 Å². The summed E-state index contributed by atoms with van der Waals surface area (Å²) in [5.41, 5.74) is 5.09. The van der Waals surface area contributed by atoms with E-state index in [-0.39, 0.29) is 29.7 Å². The van der Waals surface area contributed by atoms with Crippen molar-refractivity contribution in [2.75, 3.05) is 19.7 Å². The van der Waals surface area contributed by atoms with Crippen molar-refractivity contribution < 1.29 is 14.3 Å². The third-order valence-corrected chi connectivity index (χ3v) is 8.57. The monoisotopic (exact) mass is 566 g/mol. The summed E-state index contributed by atoms with van der Waals surface area (Å²) >= 11 is 0. The van der Waals surface area contributed by atoms with Gasteiger partial charge in [-0.2, -0.15) is 0 Å². The Hall–Kier alpha value is -4.24. The number of nitrogens with one attached hydrogen (secondary N) is 2. The van der Waals surface area contributed by atoms with Crippen molar-refractivity contribution in [2.24, 2.45) is 13.0 Å². The summed E-state index contributed by atoms with van der Waals surface area (Å²) in [6.07, 6.45) is 2.16. The second kappa shape index (κ2) is 12.3. The smallest absolute Gasteiger partial charge is 0.243 e. The average molecular weight is 567 g/mol. The lowest BCUT2D eigenvalue weighted by Gasteiger charge is -2.27. The van der Waals surface area contributed by atoms with Crippen LogP contribution in [0.5, 0.6) is 5.75 Å². The molecule has 3 heterocycles. The third-order valence-electron chi connectivity index (χ3n) is 8.57. The lowest BCUT2D eigenvalue weighted by Crippen LogP contribution is -2.51. The van der Waals surface area contributed by atoms with Gasteiger partial charge in [0.1, 0.15) is 17.3 Å². The number of hydrogen-bond acceptors (Lipinski definition) is 6. The van der Waals surface area contributed by atoms with Crippen LogP contribution in [0.2, 0.25) is 0 Å². The quantitative estimate of drug-likeness (QED) is 0.321. The first kappa shape index (κ1) is 27.9. The van der Waals surface area contributed by atoms with Crippen LogP contribution < -0.4 is 15.4 Å². The number of fused-ring (bicyclic) bond motifs is 1. The van der Waals surface area contributed by atoms with Gasteiger partial charge in [-0.05, 0) is 79.0 Å². The molecule has 2 N–H and O–H groups in total. The summed E-state index contributed by atoms with van der Waals surface area (Å²) in [6.45, 7) is 4.28. The second-order valence-corrected chi connectivity index (χ2v) is 11.4. The van der Waals surface area contributed by atoms with Crippen molar-refractivity contribution in [3.8, 4) is 5.75 Å². The number of benzene rings is 3. The van der Waals surface area contributed by atoms with Crippen molar-refractivity contribution in [2.45, 2.75) is 50.7 Å². The Morgan fingerprint density at radius 3 is 2.60 bits per heavy atom. The van der Waals surface area contributed by atoms with Gasteiger partial charge in [-0.3, -0.25) is 9.59 Å². The van der Waals surface area contributed by atoms with Gasteiger partial charge in [0, 0.05) is 26.7 Å². The maximum absolute atomic E-state index is 13.9. The summed E-state index contributed by atoms with van der Waals surface area (Å²) in [7, 11) is 1.85. The van der Waals surface area contributed by atoms with Gasteiger partial charge >= 0.3 is 0 Å². The number of nitrogens with zero attached hydrogens (tertiary/aromatic N) is 4. The van der Waals surface area contributed by atoms with E-state index >= 15 is 0 Å². The summed E-state index contributed by atoms with van der Waals surface area (Å²) in [5.74, 6) is 1.22. The van der Waals surface area contributed by atoms with E-state index in [1.807, 2.05) is 67.4 Å². The lowest BCUT2D eigenvalue weighted by atomic mass is 9.96. The second-order valence-electron chi connectivity index (χ2n) is 11.4. The molecule has 0 spiro atoms. The predicted molar refractivity (Wildman–Crippen MR) is 161 cm³/mol. The van der Waals surface area contributed by atoms with Gasteiger partial charge in [0.2, 0.25) is 11.8 Å². The number of ether oxygens (including phenoxy) is 1. The van der Waals surface area contributed by atoms with Crippen LogP contribution in [0.25, 0.3) is 11.0 Å². The fraction of sp³-hybridized carbons (Fsp3) is 0.394. The number of carbonyl (C=O) groups excluding carboxylic acids is 2. The number of aromatic nitrogens is 3. The Bertz CT molecular complexity index is 1540. The van der Waals surface area contributed by atoms with E-state index < -0.39 is 6.04 Å². The molecule has 1 aromatic heterocycles. The predicted octanol–water partition coefficient (Wildman–Crippen LogP) is 3.59. The van der Waals surface area contributed by atoms with Crippen LogP contribution in [0.1, 0.15) is 42.4 Å². The summed E-state index contributed by atoms with van der Waals surface area (Å²) in [5, 5.41) is 14.8. The molecule has 2 amide bonds. The minimum absolute atomic E-state index is 0.0174. The van der Waals surface area contributed by atoms with Gasteiger partial charge in [0.15, 0.2) is 0 Å². The third kappa shape index (κ3) is 6.01. The van der Waals surface area contributed by atoms with Crippen molar-refractivity contribution in [3.63, 3.8) is 0 Å². The zero-order chi connectivity index (χ0) is 29.1. The molecule has 3 aromatic carbocycles. The highest BCUT2D eigenvalue weighted by atomic mass is 16.5. The molecule has 42 heavy (non-hydrogen) atoms. The van der Waals surface area contributed by atoms with Gasteiger partial charge in [-0.15, -0.1) is 5.10 Å². The van der Waals surface area contributed by atoms with Crippen molar-refractivity contribution in [1.82, 2.24) is 30.5 Å². The highest BCUT2D eigenvalue weighted by Crippen LogP contribution is 2.32. The van der Waals surface area contributed by atoms with Crippen molar-refractivity contribution in [3.05, 3.63) is 89.5 Å². The molecule has 9 nitrogen and oxygen atoms in total. The molecule has 2 aliphatic rings. The van der Waals surface area contributed by atoms with Crippen LogP contribution in [-0.4, -0.2) is 63.5 Å². The maximum atomic E-state index is 13.9. The Kier molecular flexibility index (Phi) is 8.19. The van der Waals surface area contributed by atoms with E-state index in [0.717, 1.165) is 41.7 Å². The molecular weight excluding hydrogens is 528 g/mol. The summed E-state index contributed by atoms with van der Waals surface area (Å²) in [6, 6.07) is 23.5. The lowest BCUT2D eigenvalue weighted by molar-refractivity contribution is -0.139. The van der Waals surface area contributed by atoms with Crippen LogP contribution in [0.3, 0.4) is 0 Å². The van der Waals surface area contributed by atoms with Crippen LogP contribution in [0.4, 0.5) is 0 Å². The first-order chi connectivity index (χ1) is 20.5. The normalized spacial score (nSPS) is 22.0. The zero-order valence-electron chi connectivity index (χ0n) is 24.2. The van der Waals surface area contributed by atoms with E-state index in [9.17, 15) is 9.59 Å². The molecule has 9 heteroatoms. The van der Waals surface area contributed by atoms with Gasteiger partial charge < -0.3 is 20.3 Å². The summed E-state index contributed by atoms with van der Waals surface area (Å²) < 4.78 is 7.32. The molecule has 2 fully saturated rings. The number of likely N-dealkylation sites (tertiary alicyclic amines) is 1. The van der Waals surface area contributed by atoms with E-state index in [1.54, 1.807) is 4.68 Å². The molecule has 0 aliphatic carbocycles. The minimum atomic E-state index is -0.511. The van der Waals surface area contributed by atoms with Crippen LogP contribution in [-0.2, 0) is 29.6 Å². The molecule has 4 aromatic rings. The molecule has 0 radical (unpaired) electrons. The molecule has 218 valence electrons. The summed E-state index contributed by atoms with van der Waals surface area (Å²) in [4.78, 5) is 29.4. The van der Waals surface area contributed by atoms with Crippen LogP contribution >= 0.6 is 0 Å². The zero-order valence-corrected chi connectivity index (χ0v) is 24.2. The highest BCUT2D eigenvalue weighted by Gasteiger charge is 2.43. The molecule has 4 atom stereocenters. The molecule has 0 bridgehead atoms. The largest absolute Gasteiger partial charge is 0.494 e. The molecule has 4 unspecified atom stereocenters. The SMILES string of the molecule is CCOc1ccc(CC2CC(C(=O)NCc3ccc4c(c3)nnn4C)N(C(=O)C3CC(c4ccccc4)CN3)C2)cc1. The molecule has 2 saturated heterocycles. The molecule has 0 saturated carbocycles. The minimum Gasteiger partial charge on any atom is -0.494 e. The van der Waals surface area contributed by atoms with Gasteiger partial charge in [0.25, 0.3) is 0 Å². The van der Waals surface area contributed by atoms with E-state index in [1.165, 1.54) is 11.1 Å². The number of amides is 2. The maximum Gasteiger partial charge on any atom is 0.243 e. The Balaban J connectivity index is 1.15. The van der Waals surface area contributed by atoms with E-state index in [4.69, 9.17) is 4.74 Å². The van der Waals surface area contributed by atoms with Crippen LogP contribution in [0, 0.1) is 5.92 Å². The first-order valence-corrected chi connectivity index (χ1v) is 14.8. The van der Waals surface area contributed by atoms with E-state index in [2.05, 4.69) is 45.2 Å². The molecule has 2 aliphatic heterocycles. The Morgan fingerprint density at radius 1 is 1.02 bits per heavy atom. The van der Waals surface area contributed by atoms with Crippen LogP contribution in [0.15, 0.2) is 72.8 Å². The highest BCUT2D eigenvalue weighted by molar-refractivity contribution is 5.90. The topological polar surface area (TPSA) is 101 Å². The molecule has 6 rings (SSSR count). The standard InChI is InChI=1S/C33H38N6O3/c1-3-42-27-12-9-22(10-13-27)15-24-17-31(32(40)35-19-23-11-14-30-28(16-23)36-37-38(30)2)39(21-24)33(41)29-18-26(20-34-29)25-7-5-4-6-8-25/h4-14,16,24,26,29,31,34H,3,15,17-21H2,1-2H3,(H,35,40). The number of aryl methyl sites for hydroxylation is 1. The Labute approximate surface area is 246 Å². The molecular formula is C33H38N6O3. The van der Waals surface area contributed by atoms with Crippen molar-refractivity contribution >= 4 is 22.8 Å². The number of rotatable bonds is 9. The van der Waals surface area contributed by atoms with E-state index in [0.29, 0.717) is 26.1 Å². The number of carbonyl (C=O) groups is 2. The van der Waals surface area contributed by atoms with Gasteiger partial charge in [-0.1, -0.05) is 53.7 Å². The Morgan fingerprint density at radius 2 is 1.81 bits per heavy atom. The first-order valence-electron chi connectivity index (χ1n) is 14.8. The average Bonchev–Trinajstić information content (AvgIpc) is 3.76. The fourth-order valence-electron chi connectivity index (χ4n) is 6.39.